The third-order valence-corrected chi connectivity index (χ3v) is 3.75. The van der Waals surface area contributed by atoms with Gasteiger partial charge in [0.25, 0.3) is 0 Å². The Kier molecular flexibility index (Phi) is 3.83. The molecule has 0 aliphatic carbocycles. The van der Waals surface area contributed by atoms with Crippen LogP contribution in [0, 0.1) is 0 Å². The molecule has 1 aliphatic rings. The van der Waals surface area contributed by atoms with Gasteiger partial charge in [-0.2, -0.15) is 10.2 Å². The first kappa shape index (κ1) is 13.6. The summed E-state index contributed by atoms with van der Waals surface area (Å²) in [6.45, 7) is 4.00. The molecule has 21 heavy (non-hydrogen) atoms. The van der Waals surface area contributed by atoms with Crippen molar-refractivity contribution in [3.05, 3.63) is 30.5 Å². The van der Waals surface area contributed by atoms with Crippen molar-refractivity contribution in [2.24, 2.45) is 10.9 Å². The summed E-state index contributed by atoms with van der Waals surface area (Å²) in [6, 6.07) is 8.03. The lowest BCUT2D eigenvalue weighted by atomic mass is 10.2. The van der Waals surface area contributed by atoms with Crippen molar-refractivity contribution in [3.8, 4) is 0 Å². The lowest BCUT2D eigenvalue weighted by Gasteiger charge is -2.35. The maximum Gasteiger partial charge on any atom is 0.153 e. The molecule has 0 saturated carbocycles. The van der Waals surface area contributed by atoms with Gasteiger partial charge >= 0.3 is 0 Å². The Balaban J connectivity index is 1.74. The minimum absolute atomic E-state index is 0.250. The van der Waals surface area contributed by atoms with Gasteiger partial charge in [-0.15, -0.1) is 0 Å². The maximum atomic E-state index is 8.62. The number of anilines is 1. The predicted molar refractivity (Wildman–Crippen MR) is 81.6 cm³/mol. The van der Waals surface area contributed by atoms with Crippen LogP contribution in [0.5, 0.6) is 0 Å². The quantitative estimate of drug-likeness (QED) is 0.369. The van der Waals surface area contributed by atoms with Crippen molar-refractivity contribution in [1.82, 2.24) is 15.1 Å². The molecule has 7 nitrogen and oxygen atoms in total. The fourth-order valence-electron chi connectivity index (χ4n) is 2.65. The minimum Gasteiger partial charge on any atom is -0.409 e. The van der Waals surface area contributed by atoms with Crippen LogP contribution in [-0.4, -0.2) is 58.9 Å². The van der Waals surface area contributed by atoms with Gasteiger partial charge in [0.05, 0.1) is 23.9 Å². The number of hydrogen-bond donors (Lipinski definition) is 2. The van der Waals surface area contributed by atoms with Gasteiger partial charge in [-0.3, -0.25) is 4.90 Å². The fourth-order valence-corrected chi connectivity index (χ4v) is 2.65. The van der Waals surface area contributed by atoms with Crippen LogP contribution in [0.3, 0.4) is 0 Å². The summed E-state index contributed by atoms with van der Waals surface area (Å²) >= 11 is 0. The van der Waals surface area contributed by atoms with Crippen molar-refractivity contribution >= 4 is 22.4 Å². The van der Waals surface area contributed by atoms with E-state index in [9.17, 15) is 0 Å². The van der Waals surface area contributed by atoms with E-state index in [-0.39, 0.29) is 5.84 Å². The molecule has 0 spiro atoms. The van der Waals surface area contributed by atoms with Crippen LogP contribution in [-0.2, 0) is 0 Å². The molecule has 0 bridgehead atoms. The van der Waals surface area contributed by atoms with Gasteiger partial charge in [0.15, 0.2) is 5.84 Å². The highest BCUT2D eigenvalue weighted by molar-refractivity contribution is 5.90. The van der Waals surface area contributed by atoms with E-state index in [2.05, 4.69) is 31.2 Å². The highest BCUT2D eigenvalue weighted by atomic mass is 16.4. The van der Waals surface area contributed by atoms with Crippen molar-refractivity contribution in [3.63, 3.8) is 0 Å². The molecule has 1 fully saturated rings. The summed E-state index contributed by atoms with van der Waals surface area (Å²) in [7, 11) is 0. The summed E-state index contributed by atoms with van der Waals surface area (Å²) in [5.41, 5.74) is 7.58. The van der Waals surface area contributed by atoms with Crippen LogP contribution in [0.15, 0.2) is 35.6 Å². The van der Waals surface area contributed by atoms with Crippen LogP contribution >= 0.6 is 0 Å². The van der Waals surface area contributed by atoms with Crippen LogP contribution in [0.1, 0.15) is 0 Å². The molecule has 1 aromatic carbocycles. The number of fused-ring (bicyclic) bond motifs is 1. The topological polar surface area (TPSA) is 90.9 Å². The second kappa shape index (κ2) is 5.92. The van der Waals surface area contributed by atoms with Crippen molar-refractivity contribution < 1.29 is 5.21 Å². The van der Waals surface area contributed by atoms with E-state index in [4.69, 9.17) is 10.9 Å². The molecular formula is C14H18N6O. The summed E-state index contributed by atoms with van der Waals surface area (Å²) < 4.78 is 0. The van der Waals surface area contributed by atoms with Crippen LogP contribution in [0.2, 0.25) is 0 Å². The van der Waals surface area contributed by atoms with E-state index in [0.29, 0.717) is 6.54 Å². The standard InChI is InChI=1S/C14H18N6O/c15-14(18-21)10-19-5-7-20(8-6-19)13-9-16-17-12-4-2-1-3-11(12)13/h1-4,9,21H,5-8,10H2,(H2,15,18). The monoisotopic (exact) mass is 286 g/mol. The molecule has 0 radical (unpaired) electrons. The highest BCUT2D eigenvalue weighted by Crippen LogP contribution is 2.24. The molecule has 3 rings (SSSR count). The predicted octanol–water partition coefficient (Wildman–Crippen LogP) is 0.498. The number of benzene rings is 1. The Morgan fingerprint density at radius 3 is 2.76 bits per heavy atom. The van der Waals surface area contributed by atoms with Gasteiger partial charge in [-0.05, 0) is 6.07 Å². The third kappa shape index (κ3) is 2.87. The van der Waals surface area contributed by atoms with Crippen LogP contribution < -0.4 is 10.6 Å². The average Bonchev–Trinajstić information content (AvgIpc) is 2.55. The van der Waals surface area contributed by atoms with Crippen molar-refractivity contribution in [2.45, 2.75) is 0 Å². The third-order valence-electron chi connectivity index (χ3n) is 3.75. The molecule has 3 N–H and O–H groups in total. The Morgan fingerprint density at radius 1 is 1.24 bits per heavy atom. The van der Waals surface area contributed by atoms with E-state index in [0.717, 1.165) is 42.8 Å². The minimum atomic E-state index is 0.250. The Morgan fingerprint density at radius 2 is 2.00 bits per heavy atom. The summed E-state index contributed by atoms with van der Waals surface area (Å²) in [6.07, 6.45) is 1.82. The number of aromatic nitrogens is 2. The van der Waals surface area contributed by atoms with Gasteiger partial charge in [-0.25, -0.2) is 0 Å². The van der Waals surface area contributed by atoms with Crippen molar-refractivity contribution in [2.75, 3.05) is 37.6 Å². The number of hydrogen-bond acceptors (Lipinski definition) is 6. The second-order valence-corrected chi connectivity index (χ2v) is 5.10. The normalized spacial score (nSPS) is 17.3. The molecule has 1 saturated heterocycles. The number of rotatable bonds is 3. The first-order chi connectivity index (χ1) is 10.3. The number of amidine groups is 1. The zero-order valence-electron chi connectivity index (χ0n) is 11.7. The average molecular weight is 286 g/mol. The zero-order chi connectivity index (χ0) is 14.7. The molecule has 2 heterocycles. The molecule has 1 aliphatic heterocycles. The maximum absolute atomic E-state index is 8.62. The lowest BCUT2D eigenvalue weighted by molar-refractivity contribution is 0.279. The van der Waals surface area contributed by atoms with E-state index >= 15 is 0 Å². The van der Waals surface area contributed by atoms with Crippen molar-refractivity contribution in [1.29, 1.82) is 0 Å². The summed E-state index contributed by atoms with van der Waals surface area (Å²) in [5.74, 6) is 0.250. The largest absolute Gasteiger partial charge is 0.409 e. The number of nitrogens with two attached hydrogens (primary N) is 1. The highest BCUT2D eigenvalue weighted by Gasteiger charge is 2.19. The van der Waals surface area contributed by atoms with Gasteiger partial charge in [0.2, 0.25) is 0 Å². The van der Waals surface area contributed by atoms with E-state index in [1.165, 1.54) is 0 Å². The van der Waals surface area contributed by atoms with Crippen LogP contribution in [0.4, 0.5) is 5.69 Å². The Hall–Kier alpha value is -2.41. The molecule has 7 heteroatoms. The fraction of sp³-hybridized carbons (Fsp3) is 0.357. The SMILES string of the molecule is NC(CN1CCN(c2cnnc3ccccc23)CC1)=NO. The molecule has 0 amide bonds. The summed E-state index contributed by atoms with van der Waals surface area (Å²) in [4.78, 5) is 4.47. The lowest BCUT2D eigenvalue weighted by Crippen LogP contribution is -2.49. The number of piperazine rings is 1. The smallest absolute Gasteiger partial charge is 0.153 e. The first-order valence-electron chi connectivity index (χ1n) is 6.92. The zero-order valence-corrected chi connectivity index (χ0v) is 11.7. The molecule has 110 valence electrons. The molecule has 2 aromatic rings. The Bertz CT molecular complexity index is 645. The first-order valence-corrected chi connectivity index (χ1v) is 6.92. The van der Waals surface area contributed by atoms with E-state index in [1.54, 1.807) is 0 Å². The number of nitrogens with zero attached hydrogens (tertiary/aromatic N) is 5. The van der Waals surface area contributed by atoms with Crippen LogP contribution in [0.25, 0.3) is 10.9 Å². The van der Waals surface area contributed by atoms with Gasteiger partial charge < -0.3 is 15.8 Å². The molecule has 0 atom stereocenters. The van der Waals surface area contributed by atoms with E-state index in [1.807, 2.05) is 24.4 Å². The summed E-state index contributed by atoms with van der Waals surface area (Å²) in [5, 5.41) is 21.0. The molecular weight excluding hydrogens is 268 g/mol. The van der Waals surface area contributed by atoms with Gasteiger partial charge in [0.1, 0.15) is 0 Å². The molecule has 0 unspecified atom stereocenters. The molecule has 1 aromatic heterocycles. The second-order valence-electron chi connectivity index (χ2n) is 5.10. The number of oxime groups is 1. The van der Waals surface area contributed by atoms with E-state index < -0.39 is 0 Å². The van der Waals surface area contributed by atoms with Gasteiger partial charge in [-0.1, -0.05) is 23.4 Å². The Labute approximate surface area is 122 Å². The van der Waals surface area contributed by atoms with Gasteiger partial charge in [0, 0.05) is 31.6 Å².